The summed E-state index contributed by atoms with van der Waals surface area (Å²) in [4.78, 5) is 0. The van der Waals surface area contributed by atoms with Gasteiger partial charge in [-0.25, -0.2) is 0 Å². The zero-order valence-electron chi connectivity index (χ0n) is 6.44. The first-order valence-electron chi connectivity index (χ1n) is 3.52. The first-order valence-corrected chi connectivity index (χ1v) is 3.90. The summed E-state index contributed by atoms with van der Waals surface area (Å²) in [6.45, 7) is 0. The molecule has 1 heterocycles. The predicted octanol–water partition coefficient (Wildman–Crippen LogP) is 2.10. The monoisotopic (exact) mass is 196 g/mol. The molecular formula is C8H5ClN2O2. The van der Waals surface area contributed by atoms with Crippen molar-refractivity contribution in [2.75, 3.05) is 0 Å². The van der Waals surface area contributed by atoms with Crippen LogP contribution in [0.1, 0.15) is 0 Å². The fourth-order valence-electron chi connectivity index (χ4n) is 0.976. The molecule has 66 valence electrons. The van der Waals surface area contributed by atoms with Crippen molar-refractivity contribution in [3.8, 4) is 17.2 Å². The maximum atomic E-state index is 9.45. The molecule has 0 saturated heterocycles. The standard InChI is InChI=1S/C8H5ClN2O2/c9-5-1-2-6(7(12)3-5)8-11-10-4-13-8/h1-4,12H. The lowest BCUT2D eigenvalue weighted by molar-refractivity contribution is 0.473. The molecule has 0 saturated carbocycles. The molecular weight excluding hydrogens is 192 g/mol. The predicted molar refractivity (Wildman–Crippen MR) is 46.4 cm³/mol. The second kappa shape index (κ2) is 3.06. The van der Waals surface area contributed by atoms with Crippen LogP contribution < -0.4 is 0 Å². The van der Waals surface area contributed by atoms with Gasteiger partial charge in [-0.2, -0.15) is 0 Å². The molecule has 0 atom stereocenters. The van der Waals surface area contributed by atoms with Gasteiger partial charge in [0, 0.05) is 5.02 Å². The maximum Gasteiger partial charge on any atom is 0.251 e. The van der Waals surface area contributed by atoms with Crippen molar-refractivity contribution in [1.82, 2.24) is 10.2 Å². The van der Waals surface area contributed by atoms with E-state index < -0.39 is 0 Å². The van der Waals surface area contributed by atoms with E-state index >= 15 is 0 Å². The lowest BCUT2D eigenvalue weighted by atomic mass is 10.2. The molecule has 13 heavy (non-hydrogen) atoms. The molecule has 1 aromatic carbocycles. The van der Waals surface area contributed by atoms with Crippen LogP contribution >= 0.6 is 11.6 Å². The van der Waals surface area contributed by atoms with E-state index in [1.807, 2.05) is 0 Å². The SMILES string of the molecule is Oc1cc(Cl)ccc1-c1nnco1. The van der Waals surface area contributed by atoms with Crippen LogP contribution in [0.4, 0.5) is 0 Å². The Hall–Kier alpha value is -1.55. The average Bonchev–Trinajstić information content (AvgIpc) is 2.56. The number of hydrogen-bond donors (Lipinski definition) is 1. The van der Waals surface area contributed by atoms with E-state index in [1.165, 1.54) is 12.5 Å². The highest BCUT2D eigenvalue weighted by Gasteiger charge is 2.08. The third kappa shape index (κ3) is 1.48. The van der Waals surface area contributed by atoms with E-state index in [0.717, 1.165) is 0 Å². The van der Waals surface area contributed by atoms with Gasteiger partial charge in [-0.3, -0.25) is 0 Å². The molecule has 5 heteroatoms. The van der Waals surface area contributed by atoms with Crippen LogP contribution in [0, 0.1) is 0 Å². The molecule has 0 radical (unpaired) electrons. The van der Waals surface area contributed by atoms with Crippen molar-refractivity contribution in [3.05, 3.63) is 29.6 Å². The largest absolute Gasteiger partial charge is 0.507 e. The van der Waals surface area contributed by atoms with Crippen LogP contribution in [-0.4, -0.2) is 15.3 Å². The van der Waals surface area contributed by atoms with Crippen molar-refractivity contribution in [3.63, 3.8) is 0 Å². The summed E-state index contributed by atoms with van der Waals surface area (Å²) in [6, 6.07) is 4.67. The first kappa shape index (κ1) is 8.07. The third-order valence-corrected chi connectivity index (χ3v) is 1.79. The topological polar surface area (TPSA) is 59.2 Å². The minimum Gasteiger partial charge on any atom is -0.507 e. The Labute approximate surface area is 78.8 Å². The highest BCUT2D eigenvalue weighted by Crippen LogP contribution is 2.29. The normalized spacial score (nSPS) is 10.2. The Morgan fingerprint density at radius 2 is 2.23 bits per heavy atom. The summed E-state index contributed by atoms with van der Waals surface area (Å²) in [5.41, 5.74) is 0.474. The number of phenolic OH excluding ortho intramolecular Hbond substituents is 1. The summed E-state index contributed by atoms with van der Waals surface area (Å²) in [5.74, 6) is 0.297. The van der Waals surface area contributed by atoms with Gasteiger partial charge in [0.15, 0.2) is 0 Å². The zero-order valence-corrected chi connectivity index (χ0v) is 7.19. The smallest absolute Gasteiger partial charge is 0.251 e. The second-order valence-electron chi connectivity index (χ2n) is 2.41. The van der Waals surface area contributed by atoms with Crippen molar-refractivity contribution >= 4 is 11.6 Å². The lowest BCUT2D eigenvalue weighted by Crippen LogP contribution is -1.79. The summed E-state index contributed by atoms with van der Waals surface area (Å²) >= 11 is 5.65. The number of rotatable bonds is 1. The Bertz CT molecular complexity index is 414. The summed E-state index contributed by atoms with van der Waals surface area (Å²) in [5, 5.41) is 17.1. The Morgan fingerprint density at radius 3 is 2.85 bits per heavy atom. The molecule has 0 aliphatic heterocycles. The molecule has 2 aromatic rings. The number of aromatic hydroxyl groups is 1. The number of aromatic nitrogens is 2. The second-order valence-corrected chi connectivity index (χ2v) is 2.84. The molecule has 0 unspecified atom stereocenters. The quantitative estimate of drug-likeness (QED) is 0.759. The molecule has 2 rings (SSSR count). The van der Waals surface area contributed by atoms with Gasteiger partial charge in [0.2, 0.25) is 6.39 Å². The van der Waals surface area contributed by atoms with E-state index in [-0.39, 0.29) is 11.6 Å². The van der Waals surface area contributed by atoms with Crippen molar-refractivity contribution in [2.24, 2.45) is 0 Å². The molecule has 0 aliphatic carbocycles. The molecule has 4 nitrogen and oxygen atoms in total. The molecule has 0 bridgehead atoms. The van der Waals surface area contributed by atoms with Crippen LogP contribution in [0.15, 0.2) is 29.0 Å². The van der Waals surface area contributed by atoms with E-state index in [9.17, 15) is 5.11 Å². The van der Waals surface area contributed by atoms with Gasteiger partial charge in [0.25, 0.3) is 5.89 Å². The van der Waals surface area contributed by atoms with Crippen LogP contribution in [0.2, 0.25) is 5.02 Å². The van der Waals surface area contributed by atoms with Crippen LogP contribution in [0.25, 0.3) is 11.5 Å². The lowest BCUT2D eigenvalue weighted by Gasteiger charge is -1.98. The molecule has 0 aliphatic rings. The molecule has 1 aromatic heterocycles. The van der Waals surface area contributed by atoms with Crippen molar-refractivity contribution in [2.45, 2.75) is 0 Å². The van der Waals surface area contributed by atoms with Crippen LogP contribution in [-0.2, 0) is 0 Å². The van der Waals surface area contributed by atoms with Crippen LogP contribution in [0.3, 0.4) is 0 Å². The highest BCUT2D eigenvalue weighted by atomic mass is 35.5. The Morgan fingerprint density at radius 1 is 1.38 bits per heavy atom. The van der Waals surface area contributed by atoms with Gasteiger partial charge in [-0.05, 0) is 18.2 Å². The fraction of sp³-hybridized carbons (Fsp3) is 0. The van der Waals surface area contributed by atoms with Crippen LogP contribution in [0.5, 0.6) is 5.75 Å². The summed E-state index contributed by atoms with van der Waals surface area (Å²) in [6.07, 6.45) is 1.20. The first-order chi connectivity index (χ1) is 6.27. The minimum atomic E-state index is 0.0248. The summed E-state index contributed by atoms with van der Waals surface area (Å²) in [7, 11) is 0. The van der Waals surface area contributed by atoms with E-state index in [4.69, 9.17) is 16.0 Å². The number of hydrogen-bond acceptors (Lipinski definition) is 4. The number of phenols is 1. The van der Waals surface area contributed by atoms with Gasteiger partial charge in [-0.15, -0.1) is 10.2 Å². The summed E-state index contributed by atoms with van der Waals surface area (Å²) < 4.78 is 4.91. The van der Waals surface area contributed by atoms with Gasteiger partial charge in [0.05, 0.1) is 5.56 Å². The van der Waals surface area contributed by atoms with E-state index in [1.54, 1.807) is 12.1 Å². The third-order valence-electron chi connectivity index (χ3n) is 1.55. The van der Waals surface area contributed by atoms with Crippen molar-refractivity contribution < 1.29 is 9.52 Å². The van der Waals surface area contributed by atoms with Gasteiger partial charge in [-0.1, -0.05) is 11.6 Å². The van der Waals surface area contributed by atoms with Crippen molar-refractivity contribution in [1.29, 1.82) is 0 Å². The number of nitrogens with zero attached hydrogens (tertiary/aromatic N) is 2. The highest BCUT2D eigenvalue weighted by molar-refractivity contribution is 6.30. The Balaban J connectivity index is 2.53. The van der Waals surface area contributed by atoms with E-state index in [0.29, 0.717) is 10.6 Å². The minimum absolute atomic E-state index is 0.0248. The van der Waals surface area contributed by atoms with Gasteiger partial charge in [0.1, 0.15) is 5.75 Å². The molecule has 1 N–H and O–H groups in total. The average molecular weight is 197 g/mol. The Kier molecular flexibility index (Phi) is 1.90. The number of benzene rings is 1. The zero-order chi connectivity index (χ0) is 9.26. The molecule has 0 fully saturated rings. The van der Waals surface area contributed by atoms with E-state index in [2.05, 4.69) is 10.2 Å². The fourth-order valence-corrected chi connectivity index (χ4v) is 1.14. The number of halogens is 1. The van der Waals surface area contributed by atoms with Gasteiger partial charge < -0.3 is 9.52 Å². The maximum absolute atomic E-state index is 9.45. The van der Waals surface area contributed by atoms with Gasteiger partial charge >= 0.3 is 0 Å². The molecule has 0 spiro atoms. The molecule has 0 amide bonds.